The number of carbonyl (C=O) groups is 1. The average Bonchev–Trinajstić information content (AvgIpc) is 3.68. The second-order valence-electron chi connectivity index (χ2n) is 14.5. The van der Waals surface area contributed by atoms with Gasteiger partial charge in [0.2, 0.25) is 0 Å². The number of hydrogen-bond acceptors (Lipinski definition) is 9. The quantitative estimate of drug-likeness (QED) is 0.281. The van der Waals surface area contributed by atoms with Gasteiger partial charge < -0.3 is 19.5 Å². The highest BCUT2D eigenvalue weighted by Gasteiger charge is 2.46. The van der Waals surface area contributed by atoms with Crippen molar-refractivity contribution in [1.82, 2.24) is 24.8 Å². The standard InChI is InChI=1S/C36H42N6O4/c1-35(2,3)46-34(44)42-25-10-11-26(42)21-40(20-25)32-31-30(38-33(39-32)45-22-36-12-6-14-41(36)15-7-13-36)17-24(19-37-31)29-18-27(43)16-23-8-4-5-9-28(23)29/h4-5,8-9,16-19,25-26,43H,6-7,10-15,20-22H2,1-3H3/t25-,26+. The molecule has 0 saturated carbocycles. The number of amides is 1. The van der Waals surface area contributed by atoms with E-state index in [1.165, 1.54) is 12.8 Å². The van der Waals surface area contributed by atoms with Gasteiger partial charge in [0.25, 0.3) is 0 Å². The van der Waals surface area contributed by atoms with E-state index in [1.807, 2.05) is 56.1 Å². The number of hydrogen-bond donors (Lipinski definition) is 1. The molecule has 4 fully saturated rings. The fourth-order valence-electron chi connectivity index (χ4n) is 8.30. The van der Waals surface area contributed by atoms with E-state index in [4.69, 9.17) is 24.4 Å². The normalized spacial score (nSPS) is 22.5. The maximum atomic E-state index is 13.2. The van der Waals surface area contributed by atoms with Gasteiger partial charge in [-0.05, 0) is 107 Å². The van der Waals surface area contributed by atoms with Gasteiger partial charge in [0.15, 0.2) is 5.82 Å². The number of ether oxygens (including phenoxy) is 2. The highest BCUT2D eigenvalue weighted by atomic mass is 16.6. The van der Waals surface area contributed by atoms with Crippen LogP contribution in [0.2, 0.25) is 0 Å². The van der Waals surface area contributed by atoms with E-state index >= 15 is 0 Å². The number of carbonyl (C=O) groups excluding carboxylic acids is 1. The first-order chi connectivity index (χ1) is 22.2. The molecule has 8 rings (SSSR count). The van der Waals surface area contributed by atoms with Crippen LogP contribution in [0.4, 0.5) is 10.6 Å². The zero-order valence-electron chi connectivity index (χ0n) is 26.9. The van der Waals surface area contributed by atoms with Crippen LogP contribution in [0.5, 0.6) is 11.8 Å². The first kappa shape index (κ1) is 29.2. The van der Waals surface area contributed by atoms with Gasteiger partial charge >= 0.3 is 12.1 Å². The molecule has 10 heteroatoms. The highest BCUT2D eigenvalue weighted by molar-refractivity contribution is 5.99. The number of benzene rings is 2. The molecule has 0 spiro atoms. The van der Waals surface area contributed by atoms with Gasteiger partial charge in [0.1, 0.15) is 23.5 Å². The fourth-order valence-corrected chi connectivity index (χ4v) is 8.30. The third-order valence-corrected chi connectivity index (χ3v) is 10.3. The minimum absolute atomic E-state index is 0.0327. The van der Waals surface area contributed by atoms with Crippen molar-refractivity contribution >= 4 is 33.7 Å². The Hall–Kier alpha value is -4.18. The van der Waals surface area contributed by atoms with E-state index < -0.39 is 5.60 Å². The summed E-state index contributed by atoms with van der Waals surface area (Å²) in [5.74, 6) is 0.941. The molecule has 4 aliphatic rings. The number of pyridine rings is 1. The molecule has 2 aromatic carbocycles. The monoisotopic (exact) mass is 622 g/mol. The third kappa shape index (κ3) is 5.16. The zero-order valence-corrected chi connectivity index (χ0v) is 26.9. The Labute approximate surface area is 269 Å². The van der Waals surface area contributed by atoms with Gasteiger partial charge in [0, 0.05) is 24.8 Å². The highest BCUT2D eigenvalue weighted by Crippen LogP contribution is 2.41. The number of nitrogens with zero attached hydrogens (tertiary/aromatic N) is 6. The van der Waals surface area contributed by atoms with Gasteiger partial charge in [-0.3, -0.25) is 14.8 Å². The number of phenols is 1. The molecule has 6 heterocycles. The Kier molecular flexibility index (Phi) is 6.97. The lowest BCUT2D eigenvalue weighted by molar-refractivity contribution is 0.0122. The third-order valence-electron chi connectivity index (χ3n) is 10.3. The number of aromatic hydroxyl groups is 1. The summed E-state index contributed by atoms with van der Waals surface area (Å²) in [7, 11) is 0. The molecule has 1 N–H and O–H groups in total. The van der Waals surface area contributed by atoms with Gasteiger partial charge in [-0.25, -0.2) is 4.79 Å². The van der Waals surface area contributed by atoms with Gasteiger partial charge in [-0.15, -0.1) is 0 Å². The molecule has 0 aliphatic carbocycles. The Morgan fingerprint density at radius 2 is 1.76 bits per heavy atom. The zero-order chi connectivity index (χ0) is 31.6. The average molecular weight is 623 g/mol. The first-order valence-electron chi connectivity index (χ1n) is 16.7. The molecule has 4 aromatic rings. The molecular weight excluding hydrogens is 580 g/mol. The second kappa shape index (κ2) is 11.0. The number of anilines is 1. The number of rotatable bonds is 5. The van der Waals surface area contributed by atoms with E-state index in [9.17, 15) is 9.90 Å². The van der Waals surface area contributed by atoms with Crippen LogP contribution >= 0.6 is 0 Å². The fraction of sp³-hybridized carbons (Fsp3) is 0.500. The molecule has 4 saturated heterocycles. The molecule has 2 atom stereocenters. The molecule has 4 aliphatic heterocycles. The smallest absolute Gasteiger partial charge is 0.410 e. The lowest BCUT2D eigenvalue weighted by Crippen LogP contribution is -2.57. The van der Waals surface area contributed by atoms with Crippen LogP contribution < -0.4 is 9.64 Å². The number of phenolic OH excluding ortho intramolecular Hbond substituents is 1. The number of fused-ring (bicyclic) bond motifs is 5. The van der Waals surface area contributed by atoms with E-state index in [-0.39, 0.29) is 29.5 Å². The summed E-state index contributed by atoms with van der Waals surface area (Å²) < 4.78 is 12.3. The molecule has 2 aromatic heterocycles. The molecule has 1 amide bonds. The van der Waals surface area contributed by atoms with Crippen molar-refractivity contribution in [2.75, 3.05) is 37.7 Å². The van der Waals surface area contributed by atoms with Crippen molar-refractivity contribution in [2.45, 2.75) is 82.5 Å². The topological polar surface area (TPSA) is 104 Å². The van der Waals surface area contributed by atoms with Crippen LogP contribution in [0, 0.1) is 0 Å². The summed E-state index contributed by atoms with van der Waals surface area (Å²) >= 11 is 0. The number of piperazine rings is 1. The molecule has 2 bridgehead atoms. The van der Waals surface area contributed by atoms with Crippen LogP contribution in [-0.2, 0) is 4.74 Å². The van der Waals surface area contributed by atoms with Gasteiger partial charge in [-0.2, -0.15) is 9.97 Å². The Balaban J connectivity index is 1.17. The summed E-state index contributed by atoms with van der Waals surface area (Å²) in [4.78, 5) is 34.9. The predicted octanol–water partition coefficient (Wildman–Crippen LogP) is 6.15. The molecule has 240 valence electrons. The summed E-state index contributed by atoms with van der Waals surface area (Å²) in [5.41, 5.74) is 2.67. The Bertz CT molecular complexity index is 1800. The largest absolute Gasteiger partial charge is 0.508 e. The molecule has 10 nitrogen and oxygen atoms in total. The van der Waals surface area contributed by atoms with Crippen LogP contribution in [0.15, 0.2) is 48.7 Å². The van der Waals surface area contributed by atoms with Crippen molar-refractivity contribution < 1.29 is 19.4 Å². The van der Waals surface area contributed by atoms with E-state index in [0.29, 0.717) is 36.7 Å². The van der Waals surface area contributed by atoms with E-state index in [1.54, 1.807) is 12.1 Å². The SMILES string of the molecule is CC(C)(C)OC(=O)N1[C@@H]2CC[C@H]1CN(c1nc(OCC34CCCN3CCC4)nc3cc(-c4cc(O)cc5ccccc45)cnc13)C2. The maximum absolute atomic E-state index is 13.2. The minimum atomic E-state index is -0.543. The lowest BCUT2D eigenvalue weighted by Gasteiger charge is -2.41. The van der Waals surface area contributed by atoms with Crippen molar-refractivity contribution in [3.63, 3.8) is 0 Å². The van der Waals surface area contributed by atoms with Crippen LogP contribution in [0.3, 0.4) is 0 Å². The number of aromatic nitrogens is 3. The van der Waals surface area contributed by atoms with Crippen molar-refractivity contribution in [3.05, 3.63) is 48.7 Å². The van der Waals surface area contributed by atoms with Crippen molar-refractivity contribution in [3.8, 4) is 22.9 Å². The lowest BCUT2D eigenvalue weighted by atomic mass is 9.95. The summed E-state index contributed by atoms with van der Waals surface area (Å²) in [5, 5.41) is 12.5. The molecular formula is C36H42N6O4. The molecule has 46 heavy (non-hydrogen) atoms. The molecule has 0 unspecified atom stereocenters. The summed E-state index contributed by atoms with van der Waals surface area (Å²) in [6.45, 7) is 9.83. The van der Waals surface area contributed by atoms with Gasteiger partial charge in [0.05, 0.1) is 23.1 Å². The van der Waals surface area contributed by atoms with E-state index in [0.717, 1.165) is 66.5 Å². The predicted molar refractivity (Wildman–Crippen MR) is 177 cm³/mol. The van der Waals surface area contributed by atoms with Crippen LogP contribution in [0.25, 0.3) is 32.9 Å². The van der Waals surface area contributed by atoms with Gasteiger partial charge in [-0.1, -0.05) is 24.3 Å². The van der Waals surface area contributed by atoms with Crippen molar-refractivity contribution in [2.24, 2.45) is 0 Å². The first-order valence-corrected chi connectivity index (χ1v) is 16.7. The van der Waals surface area contributed by atoms with Crippen LogP contribution in [0.1, 0.15) is 59.3 Å². The van der Waals surface area contributed by atoms with Crippen LogP contribution in [-0.4, -0.2) is 92.0 Å². The Morgan fingerprint density at radius 1 is 1.02 bits per heavy atom. The van der Waals surface area contributed by atoms with Crippen molar-refractivity contribution in [1.29, 1.82) is 0 Å². The maximum Gasteiger partial charge on any atom is 0.410 e. The summed E-state index contributed by atoms with van der Waals surface area (Å²) in [6, 6.07) is 14.0. The molecule has 0 radical (unpaired) electrons. The minimum Gasteiger partial charge on any atom is -0.508 e. The Morgan fingerprint density at radius 3 is 2.50 bits per heavy atom. The van der Waals surface area contributed by atoms with E-state index in [2.05, 4.69) is 15.9 Å². The second-order valence-corrected chi connectivity index (χ2v) is 14.5. The summed E-state index contributed by atoms with van der Waals surface area (Å²) in [6.07, 6.45) is 8.12.